The Kier molecular flexibility index (Phi) is 6.32. The summed E-state index contributed by atoms with van der Waals surface area (Å²) in [5.41, 5.74) is 0.406. The second kappa shape index (κ2) is 8.92. The second-order valence-corrected chi connectivity index (χ2v) is 7.02. The molecule has 0 aliphatic heterocycles. The number of nitrogens with zero attached hydrogens (tertiary/aromatic N) is 4. The molecule has 0 aliphatic carbocycles. The zero-order valence-electron chi connectivity index (χ0n) is 15.7. The van der Waals surface area contributed by atoms with Crippen LogP contribution in [0.3, 0.4) is 0 Å². The highest BCUT2D eigenvalue weighted by Gasteiger charge is 2.31. The van der Waals surface area contributed by atoms with E-state index in [0.717, 1.165) is 18.2 Å². The molecule has 6 nitrogen and oxygen atoms in total. The van der Waals surface area contributed by atoms with Crippen LogP contribution in [0.15, 0.2) is 42.0 Å². The van der Waals surface area contributed by atoms with Gasteiger partial charge in [-0.05, 0) is 36.8 Å². The molecule has 0 saturated heterocycles. The summed E-state index contributed by atoms with van der Waals surface area (Å²) in [6, 6.07) is 5.30. The highest BCUT2D eigenvalue weighted by atomic mass is 32.1. The summed E-state index contributed by atoms with van der Waals surface area (Å²) in [4.78, 5) is 16.1. The van der Waals surface area contributed by atoms with E-state index in [9.17, 15) is 18.0 Å². The van der Waals surface area contributed by atoms with Crippen LogP contribution >= 0.6 is 11.3 Å². The van der Waals surface area contributed by atoms with Crippen LogP contribution in [0.2, 0.25) is 0 Å². The number of hydrogen-bond donors (Lipinski definition) is 0. The minimum absolute atomic E-state index is 0.252. The van der Waals surface area contributed by atoms with Gasteiger partial charge in [0.1, 0.15) is 5.01 Å². The molecule has 0 amide bonds. The van der Waals surface area contributed by atoms with Crippen LogP contribution in [0.5, 0.6) is 0 Å². The predicted molar refractivity (Wildman–Crippen MR) is 104 cm³/mol. The molecule has 0 atom stereocenters. The van der Waals surface area contributed by atoms with Crippen LogP contribution in [0, 0.1) is 11.3 Å². The molecule has 0 aliphatic rings. The van der Waals surface area contributed by atoms with Crippen molar-refractivity contribution < 1.29 is 22.7 Å². The summed E-state index contributed by atoms with van der Waals surface area (Å²) in [7, 11) is 0. The number of carbonyl (C=O) groups is 1. The van der Waals surface area contributed by atoms with Crippen molar-refractivity contribution in [2.24, 2.45) is 0 Å². The zero-order chi connectivity index (χ0) is 21.7. The summed E-state index contributed by atoms with van der Waals surface area (Å²) in [6.07, 6.45) is 0.807. The minimum Gasteiger partial charge on any atom is -0.462 e. The number of hydrogen-bond acceptors (Lipinski definition) is 6. The molecule has 0 saturated carbocycles. The number of carbonyl (C=O) groups excluding carboxylic acids is 1. The van der Waals surface area contributed by atoms with Crippen molar-refractivity contribution in [3.8, 4) is 17.3 Å². The largest absolute Gasteiger partial charge is 0.462 e. The molecule has 30 heavy (non-hydrogen) atoms. The van der Waals surface area contributed by atoms with E-state index in [-0.39, 0.29) is 24.3 Å². The molecule has 0 radical (unpaired) electrons. The summed E-state index contributed by atoms with van der Waals surface area (Å²) in [5.74, 6) is -0.481. The first-order valence-electron chi connectivity index (χ1n) is 8.73. The van der Waals surface area contributed by atoms with Gasteiger partial charge in [-0.1, -0.05) is 0 Å². The Balaban J connectivity index is 1.86. The lowest BCUT2D eigenvalue weighted by molar-refractivity contribution is -0.137. The lowest BCUT2D eigenvalue weighted by atomic mass is 10.0. The van der Waals surface area contributed by atoms with Gasteiger partial charge in [-0.25, -0.2) is 9.78 Å². The number of alkyl halides is 3. The molecule has 0 spiro atoms. The number of allylic oxidation sites excluding steroid dienone is 1. The van der Waals surface area contributed by atoms with E-state index in [0.29, 0.717) is 16.3 Å². The number of halogens is 3. The van der Waals surface area contributed by atoms with Crippen molar-refractivity contribution in [2.75, 3.05) is 6.61 Å². The summed E-state index contributed by atoms with van der Waals surface area (Å²) >= 11 is 1.26. The van der Waals surface area contributed by atoms with Crippen LogP contribution < -0.4 is 0 Å². The van der Waals surface area contributed by atoms with Gasteiger partial charge in [-0.15, -0.1) is 11.3 Å². The highest BCUT2D eigenvalue weighted by Crippen LogP contribution is 2.34. The SMILES string of the molecule is CCOC(=O)c1cnn(Cc2nc(-c3cc(C=CC#N)cc(C(F)(F)F)c3)cs2)c1. The van der Waals surface area contributed by atoms with Crippen molar-refractivity contribution in [3.63, 3.8) is 0 Å². The first-order chi connectivity index (χ1) is 14.3. The molecule has 2 aromatic heterocycles. The van der Waals surface area contributed by atoms with Crippen LogP contribution in [0.4, 0.5) is 13.2 Å². The van der Waals surface area contributed by atoms with E-state index in [1.165, 1.54) is 40.6 Å². The third-order valence-electron chi connectivity index (χ3n) is 3.92. The average Bonchev–Trinajstić information content (AvgIpc) is 3.36. The number of aromatic nitrogens is 3. The van der Waals surface area contributed by atoms with Crippen LogP contribution in [0.1, 0.15) is 33.4 Å². The summed E-state index contributed by atoms with van der Waals surface area (Å²) < 4.78 is 46.1. The maximum atomic E-state index is 13.2. The van der Waals surface area contributed by atoms with Crippen molar-refractivity contribution in [1.29, 1.82) is 5.26 Å². The number of thiazole rings is 1. The first-order valence-corrected chi connectivity index (χ1v) is 9.61. The normalized spacial score (nSPS) is 11.6. The summed E-state index contributed by atoms with van der Waals surface area (Å²) in [5, 5.41) is 15.0. The Bertz CT molecular complexity index is 1130. The van der Waals surface area contributed by atoms with Crippen LogP contribution in [-0.2, 0) is 17.5 Å². The van der Waals surface area contributed by atoms with Gasteiger partial charge in [0, 0.05) is 23.2 Å². The number of rotatable bonds is 6. The fraction of sp³-hybridized carbons (Fsp3) is 0.200. The van der Waals surface area contributed by atoms with Gasteiger partial charge < -0.3 is 4.74 Å². The van der Waals surface area contributed by atoms with E-state index < -0.39 is 17.7 Å². The molecule has 154 valence electrons. The molecule has 2 heterocycles. The molecule has 3 rings (SSSR count). The molecule has 10 heteroatoms. The Morgan fingerprint density at radius 3 is 2.87 bits per heavy atom. The van der Waals surface area contributed by atoms with Gasteiger partial charge in [-0.3, -0.25) is 4.68 Å². The smallest absolute Gasteiger partial charge is 0.416 e. The lowest BCUT2D eigenvalue weighted by Crippen LogP contribution is -2.05. The van der Waals surface area contributed by atoms with Gasteiger partial charge in [0.2, 0.25) is 0 Å². The second-order valence-electron chi connectivity index (χ2n) is 6.08. The Morgan fingerprint density at radius 2 is 2.17 bits per heavy atom. The van der Waals surface area contributed by atoms with Crippen molar-refractivity contribution in [3.05, 3.63) is 63.7 Å². The molecular weight excluding hydrogens is 417 g/mol. The minimum atomic E-state index is -4.53. The quantitative estimate of drug-likeness (QED) is 0.413. The van der Waals surface area contributed by atoms with Gasteiger partial charge in [0.05, 0.1) is 42.2 Å². The number of esters is 1. The van der Waals surface area contributed by atoms with E-state index >= 15 is 0 Å². The molecule has 3 aromatic rings. The third-order valence-corrected chi connectivity index (χ3v) is 4.76. The van der Waals surface area contributed by atoms with E-state index in [1.807, 2.05) is 0 Å². The fourth-order valence-electron chi connectivity index (χ4n) is 2.62. The van der Waals surface area contributed by atoms with Crippen molar-refractivity contribution >= 4 is 23.4 Å². The lowest BCUT2D eigenvalue weighted by Gasteiger charge is -2.09. The van der Waals surface area contributed by atoms with Crippen molar-refractivity contribution in [2.45, 2.75) is 19.6 Å². The van der Waals surface area contributed by atoms with Crippen molar-refractivity contribution in [1.82, 2.24) is 14.8 Å². The maximum Gasteiger partial charge on any atom is 0.416 e. The highest BCUT2D eigenvalue weighted by molar-refractivity contribution is 7.09. The zero-order valence-corrected chi connectivity index (χ0v) is 16.5. The Hall–Kier alpha value is -3.45. The predicted octanol–water partition coefficient (Wildman–Crippen LogP) is 4.79. The van der Waals surface area contributed by atoms with Gasteiger partial charge >= 0.3 is 12.1 Å². The van der Waals surface area contributed by atoms with E-state index in [2.05, 4.69) is 10.1 Å². The average molecular weight is 432 g/mol. The molecule has 0 N–H and O–H groups in total. The number of ether oxygens (including phenoxy) is 1. The van der Waals surface area contributed by atoms with Crippen LogP contribution in [-0.4, -0.2) is 27.3 Å². The third kappa shape index (κ3) is 5.12. The topological polar surface area (TPSA) is 80.8 Å². The monoisotopic (exact) mass is 432 g/mol. The van der Waals surface area contributed by atoms with Crippen LogP contribution in [0.25, 0.3) is 17.3 Å². The fourth-order valence-corrected chi connectivity index (χ4v) is 3.41. The van der Waals surface area contributed by atoms with Gasteiger partial charge in [0.25, 0.3) is 0 Å². The van der Waals surface area contributed by atoms with Gasteiger partial charge in [0.15, 0.2) is 0 Å². The Labute approximate surface area is 173 Å². The number of nitriles is 1. The van der Waals surface area contributed by atoms with Gasteiger partial charge in [-0.2, -0.15) is 23.5 Å². The molecule has 0 fully saturated rings. The maximum absolute atomic E-state index is 13.2. The summed E-state index contributed by atoms with van der Waals surface area (Å²) in [6.45, 7) is 2.21. The standard InChI is InChI=1S/C20H15F3N4O2S/c1-2-29-19(28)15-9-25-27(10-15)11-18-26-17(12-30-18)14-6-13(4-3-5-24)7-16(8-14)20(21,22)23/h3-4,6-10,12H,2,11H2,1H3. The Morgan fingerprint density at radius 1 is 1.37 bits per heavy atom. The molecular formula is C20H15F3N4O2S. The first kappa shape index (κ1) is 21.3. The molecule has 1 aromatic carbocycles. The molecule has 0 bridgehead atoms. The molecule has 0 unspecified atom stereocenters. The number of benzene rings is 1. The van der Waals surface area contributed by atoms with E-state index in [1.54, 1.807) is 18.4 Å². The van der Waals surface area contributed by atoms with E-state index in [4.69, 9.17) is 10.00 Å².